The molecule has 0 saturated carbocycles. The summed E-state index contributed by atoms with van der Waals surface area (Å²) in [5.74, 6) is 0. The Bertz CT molecular complexity index is 527. The fraction of sp³-hybridized carbons (Fsp3) is 0.600. The van der Waals surface area contributed by atoms with Gasteiger partial charge >= 0.3 is 0 Å². The topological polar surface area (TPSA) is 56.7 Å². The number of nitrogens with zero attached hydrogens (tertiary/aromatic N) is 3. The SMILES string of the molecule is CCC(CC)n1ccc(CC(N)Cc2nc(C)cs2)n1. The zero-order chi connectivity index (χ0) is 14.5. The van der Waals surface area contributed by atoms with E-state index in [2.05, 4.69) is 46.3 Å². The van der Waals surface area contributed by atoms with Gasteiger partial charge in [0.2, 0.25) is 0 Å². The molecule has 1 atom stereocenters. The second-order valence-electron chi connectivity index (χ2n) is 5.31. The molecule has 2 aromatic heterocycles. The summed E-state index contributed by atoms with van der Waals surface area (Å²) in [5, 5.41) is 7.85. The smallest absolute Gasteiger partial charge is 0.0943 e. The summed E-state index contributed by atoms with van der Waals surface area (Å²) in [6.07, 6.45) is 5.94. The average Bonchev–Trinajstić information content (AvgIpc) is 3.01. The third kappa shape index (κ3) is 3.90. The van der Waals surface area contributed by atoms with Crippen molar-refractivity contribution in [3.63, 3.8) is 0 Å². The van der Waals surface area contributed by atoms with Gasteiger partial charge in [0.25, 0.3) is 0 Å². The molecule has 20 heavy (non-hydrogen) atoms. The summed E-state index contributed by atoms with van der Waals surface area (Å²) in [6.45, 7) is 6.42. The van der Waals surface area contributed by atoms with Crippen molar-refractivity contribution in [2.75, 3.05) is 0 Å². The van der Waals surface area contributed by atoms with Crippen molar-refractivity contribution in [2.45, 2.75) is 58.5 Å². The lowest BCUT2D eigenvalue weighted by Gasteiger charge is -2.13. The third-order valence-corrected chi connectivity index (χ3v) is 4.54. The average molecular weight is 292 g/mol. The van der Waals surface area contributed by atoms with Crippen molar-refractivity contribution in [1.82, 2.24) is 14.8 Å². The number of hydrogen-bond acceptors (Lipinski definition) is 4. The maximum absolute atomic E-state index is 6.21. The van der Waals surface area contributed by atoms with Crippen LogP contribution in [0, 0.1) is 6.92 Å². The Labute approximate surface area is 125 Å². The Balaban J connectivity index is 1.92. The van der Waals surface area contributed by atoms with Crippen molar-refractivity contribution in [3.05, 3.63) is 34.0 Å². The number of aryl methyl sites for hydroxylation is 1. The van der Waals surface area contributed by atoms with Crippen molar-refractivity contribution >= 4 is 11.3 Å². The molecule has 0 bridgehead atoms. The van der Waals surface area contributed by atoms with Crippen LogP contribution in [0.5, 0.6) is 0 Å². The van der Waals surface area contributed by atoms with E-state index in [-0.39, 0.29) is 6.04 Å². The molecule has 2 N–H and O–H groups in total. The summed E-state index contributed by atoms with van der Waals surface area (Å²) in [5.41, 5.74) is 8.37. The molecule has 0 radical (unpaired) electrons. The van der Waals surface area contributed by atoms with Crippen LogP contribution in [0.25, 0.3) is 0 Å². The van der Waals surface area contributed by atoms with E-state index in [1.165, 1.54) is 0 Å². The second kappa shape index (κ2) is 6.99. The molecule has 110 valence electrons. The van der Waals surface area contributed by atoms with Crippen LogP contribution in [0.1, 0.15) is 49.1 Å². The van der Waals surface area contributed by atoms with Crippen LogP contribution in [-0.4, -0.2) is 20.8 Å². The van der Waals surface area contributed by atoms with Crippen LogP contribution in [0.4, 0.5) is 0 Å². The van der Waals surface area contributed by atoms with Crippen LogP contribution in [-0.2, 0) is 12.8 Å². The van der Waals surface area contributed by atoms with Crippen LogP contribution in [0.2, 0.25) is 0 Å². The first-order valence-electron chi connectivity index (χ1n) is 7.33. The first kappa shape index (κ1) is 15.2. The number of aromatic nitrogens is 3. The fourth-order valence-corrected chi connectivity index (χ4v) is 3.28. The van der Waals surface area contributed by atoms with E-state index in [0.29, 0.717) is 6.04 Å². The summed E-state index contributed by atoms with van der Waals surface area (Å²) >= 11 is 1.69. The molecular formula is C15H24N4S. The summed E-state index contributed by atoms with van der Waals surface area (Å²) in [4.78, 5) is 4.47. The Hall–Kier alpha value is -1.20. The molecule has 2 heterocycles. The number of rotatable bonds is 7. The third-order valence-electron chi connectivity index (χ3n) is 3.55. The van der Waals surface area contributed by atoms with Gasteiger partial charge in [-0.05, 0) is 25.8 Å². The predicted octanol–water partition coefficient (Wildman–Crippen LogP) is 3.12. The maximum Gasteiger partial charge on any atom is 0.0943 e. The van der Waals surface area contributed by atoms with Gasteiger partial charge in [-0.15, -0.1) is 11.3 Å². The van der Waals surface area contributed by atoms with Gasteiger partial charge in [-0.1, -0.05) is 13.8 Å². The van der Waals surface area contributed by atoms with Gasteiger partial charge < -0.3 is 5.73 Å². The van der Waals surface area contributed by atoms with Crippen molar-refractivity contribution in [2.24, 2.45) is 5.73 Å². The Morgan fingerprint density at radius 2 is 2.05 bits per heavy atom. The Morgan fingerprint density at radius 1 is 1.30 bits per heavy atom. The highest BCUT2D eigenvalue weighted by Gasteiger charge is 2.12. The van der Waals surface area contributed by atoms with Crippen molar-refractivity contribution in [3.8, 4) is 0 Å². The van der Waals surface area contributed by atoms with Crippen LogP contribution < -0.4 is 5.73 Å². The quantitative estimate of drug-likeness (QED) is 0.853. The highest BCUT2D eigenvalue weighted by atomic mass is 32.1. The molecule has 0 fully saturated rings. The molecule has 1 unspecified atom stereocenters. The zero-order valence-corrected chi connectivity index (χ0v) is 13.4. The highest BCUT2D eigenvalue weighted by molar-refractivity contribution is 7.09. The van der Waals surface area contributed by atoms with E-state index >= 15 is 0 Å². The minimum atomic E-state index is 0.0885. The van der Waals surface area contributed by atoms with Gasteiger partial charge in [-0.25, -0.2) is 4.98 Å². The standard InChI is InChI=1S/C15H24N4S/c1-4-14(5-2)19-7-6-13(18-19)8-12(16)9-15-17-11(3)10-20-15/h6-7,10,12,14H,4-5,8-9,16H2,1-3H3. The van der Waals surface area contributed by atoms with E-state index in [1.807, 2.05) is 6.92 Å². The highest BCUT2D eigenvalue weighted by Crippen LogP contribution is 2.16. The van der Waals surface area contributed by atoms with Gasteiger partial charge in [0.05, 0.1) is 16.7 Å². The van der Waals surface area contributed by atoms with Gasteiger partial charge in [0, 0.05) is 36.2 Å². The second-order valence-corrected chi connectivity index (χ2v) is 6.25. The molecular weight excluding hydrogens is 268 g/mol. The first-order chi connectivity index (χ1) is 9.62. The van der Waals surface area contributed by atoms with Gasteiger partial charge in [0.15, 0.2) is 0 Å². The van der Waals surface area contributed by atoms with E-state index in [9.17, 15) is 0 Å². The Kier molecular flexibility index (Phi) is 5.31. The van der Waals surface area contributed by atoms with Gasteiger partial charge in [-0.3, -0.25) is 4.68 Å². The molecule has 0 amide bonds. The lowest BCUT2D eigenvalue weighted by Crippen LogP contribution is -2.25. The minimum absolute atomic E-state index is 0.0885. The number of thiazole rings is 1. The van der Waals surface area contributed by atoms with Gasteiger partial charge in [0.1, 0.15) is 0 Å². The fourth-order valence-electron chi connectivity index (χ4n) is 2.41. The molecule has 0 aromatic carbocycles. The summed E-state index contributed by atoms with van der Waals surface area (Å²) < 4.78 is 2.08. The van der Waals surface area contributed by atoms with E-state index in [1.54, 1.807) is 11.3 Å². The normalized spacial score (nSPS) is 13.1. The van der Waals surface area contributed by atoms with Crippen LogP contribution in [0.3, 0.4) is 0 Å². The Morgan fingerprint density at radius 3 is 2.65 bits per heavy atom. The molecule has 2 rings (SSSR count). The lowest BCUT2D eigenvalue weighted by atomic mass is 10.1. The van der Waals surface area contributed by atoms with Crippen LogP contribution >= 0.6 is 11.3 Å². The number of hydrogen-bond donors (Lipinski definition) is 1. The lowest BCUT2D eigenvalue weighted by molar-refractivity contribution is 0.424. The molecule has 0 aliphatic rings. The molecule has 5 heteroatoms. The zero-order valence-electron chi connectivity index (χ0n) is 12.5. The largest absolute Gasteiger partial charge is 0.327 e. The summed E-state index contributed by atoms with van der Waals surface area (Å²) in [7, 11) is 0. The van der Waals surface area contributed by atoms with Crippen molar-refractivity contribution in [1.29, 1.82) is 0 Å². The molecule has 0 spiro atoms. The summed E-state index contributed by atoms with van der Waals surface area (Å²) in [6, 6.07) is 2.68. The molecule has 4 nitrogen and oxygen atoms in total. The monoisotopic (exact) mass is 292 g/mol. The number of nitrogens with two attached hydrogens (primary N) is 1. The minimum Gasteiger partial charge on any atom is -0.327 e. The molecule has 0 aliphatic heterocycles. The maximum atomic E-state index is 6.21. The van der Waals surface area contributed by atoms with Crippen LogP contribution in [0.15, 0.2) is 17.6 Å². The van der Waals surface area contributed by atoms with E-state index in [0.717, 1.165) is 42.1 Å². The van der Waals surface area contributed by atoms with E-state index < -0.39 is 0 Å². The molecule has 0 aliphatic carbocycles. The van der Waals surface area contributed by atoms with E-state index in [4.69, 9.17) is 5.73 Å². The van der Waals surface area contributed by atoms with Crippen molar-refractivity contribution < 1.29 is 0 Å². The predicted molar refractivity (Wildman–Crippen MR) is 84.1 cm³/mol. The molecule has 0 saturated heterocycles. The first-order valence-corrected chi connectivity index (χ1v) is 8.21. The van der Waals surface area contributed by atoms with Gasteiger partial charge in [-0.2, -0.15) is 5.10 Å². The molecule has 2 aromatic rings.